The minimum atomic E-state index is -0.157. The number of hydrogen-bond acceptors (Lipinski definition) is 3. The summed E-state index contributed by atoms with van der Waals surface area (Å²) >= 11 is 9.45. The Kier molecular flexibility index (Phi) is 5.47. The summed E-state index contributed by atoms with van der Waals surface area (Å²) in [6.45, 7) is 3.18. The molecule has 1 aromatic carbocycles. The zero-order valence-corrected chi connectivity index (χ0v) is 15.0. The molecule has 0 atom stereocenters. The molecule has 5 nitrogen and oxygen atoms in total. The van der Waals surface area contributed by atoms with Crippen LogP contribution in [-0.2, 0) is 13.1 Å². The number of ether oxygens (including phenoxy) is 1. The van der Waals surface area contributed by atoms with Crippen molar-refractivity contribution in [1.82, 2.24) is 14.7 Å². The van der Waals surface area contributed by atoms with Crippen LogP contribution >= 0.6 is 27.5 Å². The van der Waals surface area contributed by atoms with E-state index in [1.807, 2.05) is 11.6 Å². The van der Waals surface area contributed by atoms with Crippen LogP contribution < -0.4 is 4.74 Å². The molecular formula is C15H17BrClN3O2. The zero-order chi connectivity index (χ0) is 16.3. The van der Waals surface area contributed by atoms with Gasteiger partial charge in [0.05, 0.1) is 35.6 Å². The average Bonchev–Trinajstić information content (AvgIpc) is 2.86. The number of methoxy groups -OCH3 is 1. The lowest BCUT2D eigenvalue weighted by molar-refractivity contribution is 0.0778. The Morgan fingerprint density at radius 2 is 2.23 bits per heavy atom. The third-order valence-electron chi connectivity index (χ3n) is 3.32. The van der Waals surface area contributed by atoms with Crippen LogP contribution in [0.15, 0.2) is 28.9 Å². The average molecular weight is 387 g/mol. The highest BCUT2D eigenvalue weighted by atomic mass is 79.9. The van der Waals surface area contributed by atoms with Crippen molar-refractivity contribution in [2.75, 3.05) is 14.2 Å². The van der Waals surface area contributed by atoms with Crippen molar-refractivity contribution in [3.05, 3.63) is 45.1 Å². The van der Waals surface area contributed by atoms with E-state index in [-0.39, 0.29) is 5.91 Å². The highest BCUT2D eigenvalue weighted by molar-refractivity contribution is 9.10. The van der Waals surface area contributed by atoms with Crippen molar-refractivity contribution in [2.24, 2.45) is 0 Å². The van der Waals surface area contributed by atoms with E-state index in [0.717, 1.165) is 16.7 Å². The molecule has 0 aliphatic heterocycles. The molecule has 0 spiro atoms. The summed E-state index contributed by atoms with van der Waals surface area (Å²) in [7, 11) is 3.27. The van der Waals surface area contributed by atoms with Crippen LogP contribution in [0.25, 0.3) is 0 Å². The van der Waals surface area contributed by atoms with Gasteiger partial charge in [-0.15, -0.1) is 0 Å². The fourth-order valence-electron chi connectivity index (χ4n) is 2.17. The first-order chi connectivity index (χ1) is 10.5. The predicted octanol–water partition coefficient (Wildman–Crippen LogP) is 3.60. The van der Waals surface area contributed by atoms with Gasteiger partial charge in [-0.1, -0.05) is 11.6 Å². The number of halogens is 2. The molecule has 0 N–H and O–H groups in total. The van der Waals surface area contributed by atoms with Gasteiger partial charge in [-0.2, -0.15) is 5.10 Å². The summed E-state index contributed by atoms with van der Waals surface area (Å²) in [6, 6.07) is 5.00. The number of nitrogens with zero attached hydrogens (tertiary/aromatic N) is 3. The second-order valence-corrected chi connectivity index (χ2v) is 6.05. The SMILES string of the molecule is CCn1ncc(Br)c1CN(C)C(=O)c1cc(Cl)ccc1OC. The van der Waals surface area contributed by atoms with Gasteiger partial charge in [-0.05, 0) is 41.1 Å². The Morgan fingerprint density at radius 3 is 2.86 bits per heavy atom. The normalized spacial score (nSPS) is 10.6. The number of hydrogen-bond donors (Lipinski definition) is 0. The molecule has 0 unspecified atom stereocenters. The lowest BCUT2D eigenvalue weighted by atomic mass is 10.1. The van der Waals surface area contributed by atoms with Gasteiger partial charge in [0.25, 0.3) is 5.91 Å². The first-order valence-corrected chi connectivity index (χ1v) is 7.94. The summed E-state index contributed by atoms with van der Waals surface area (Å²) in [6.07, 6.45) is 1.73. The first-order valence-electron chi connectivity index (χ1n) is 6.77. The molecule has 0 fully saturated rings. The van der Waals surface area contributed by atoms with Gasteiger partial charge in [0, 0.05) is 18.6 Å². The molecule has 1 amide bonds. The largest absolute Gasteiger partial charge is 0.496 e. The van der Waals surface area contributed by atoms with Crippen molar-refractivity contribution in [2.45, 2.75) is 20.0 Å². The van der Waals surface area contributed by atoms with E-state index >= 15 is 0 Å². The Hall–Kier alpha value is -1.53. The summed E-state index contributed by atoms with van der Waals surface area (Å²) in [5, 5.41) is 4.75. The second-order valence-electron chi connectivity index (χ2n) is 4.76. The minimum absolute atomic E-state index is 0.157. The molecule has 118 valence electrons. The number of benzene rings is 1. The molecule has 1 aromatic heterocycles. The summed E-state index contributed by atoms with van der Waals surface area (Å²) < 4.78 is 7.97. The lowest BCUT2D eigenvalue weighted by Crippen LogP contribution is -2.28. The van der Waals surface area contributed by atoms with Crippen LogP contribution in [0, 0.1) is 0 Å². The van der Waals surface area contributed by atoms with Crippen LogP contribution in [0.3, 0.4) is 0 Å². The number of aromatic nitrogens is 2. The van der Waals surface area contributed by atoms with Crippen molar-refractivity contribution >= 4 is 33.4 Å². The maximum absolute atomic E-state index is 12.7. The van der Waals surface area contributed by atoms with Gasteiger partial charge < -0.3 is 9.64 Å². The fourth-order valence-corrected chi connectivity index (χ4v) is 2.76. The molecule has 0 bridgehead atoms. The molecule has 2 aromatic rings. The van der Waals surface area contributed by atoms with Crippen molar-refractivity contribution < 1.29 is 9.53 Å². The van der Waals surface area contributed by atoms with E-state index in [1.54, 1.807) is 36.3 Å². The summed E-state index contributed by atoms with van der Waals surface area (Å²) in [5.74, 6) is 0.347. The molecule has 2 rings (SSSR count). The van der Waals surface area contributed by atoms with Crippen molar-refractivity contribution in [3.63, 3.8) is 0 Å². The molecule has 0 aliphatic carbocycles. The van der Waals surface area contributed by atoms with Crippen LogP contribution in [0.4, 0.5) is 0 Å². The molecule has 0 saturated carbocycles. The third-order valence-corrected chi connectivity index (χ3v) is 4.22. The maximum Gasteiger partial charge on any atom is 0.257 e. The first kappa shape index (κ1) is 16.8. The second kappa shape index (κ2) is 7.15. The summed E-state index contributed by atoms with van der Waals surface area (Å²) in [5.41, 5.74) is 1.38. The molecule has 1 heterocycles. The lowest BCUT2D eigenvalue weighted by Gasteiger charge is -2.19. The third kappa shape index (κ3) is 3.44. The topological polar surface area (TPSA) is 47.4 Å². The maximum atomic E-state index is 12.7. The van der Waals surface area contributed by atoms with Crippen molar-refractivity contribution in [3.8, 4) is 5.75 Å². The number of carbonyl (C=O) groups excluding carboxylic acids is 1. The number of amides is 1. The van der Waals surface area contributed by atoms with Gasteiger partial charge >= 0.3 is 0 Å². The van der Waals surface area contributed by atoms with Gasteiger partial charge in [0.15, 0.2) is 0 Å². The van der Waals surface area contributed by atoms with E-state index in [9.17, 15) is 4.79 Å². The molecular weight excluding hydrogens is 370 g/mol. The number of aryl methyl sites for hydroxylation is 1. The van der Waals surface area contributed by atoms with Crippen LogP contribution in [0.2, 0.25) is 5.02 Å². The fraction of sp³-hybridized carbons (Fsp3) is 0.333. The van der Waals surface area contributed by atoms with Gasteiger partial charge in [-0.25, -0.2) is 0 Å². The van der Waals surface area contributed by atoms with Crippen LogP contribution in [0.5, 0.6) is 5.75 Å². The molecule has 0 saturated heterocycles. The quantitative estimate of drug-likeness (QED) is 0.789. The molecule has 22 heavy (non-hydrogen) atoms. The molecule has 0 aliphatic rings. The van der Waals surface area contributed by atoms with Gasteiger partial charge in [-0.3, -0.25) is 9.48 Å². The van der Waals surface area contributed by atoms with Crippen LogP contribution in [-0.4, -0.2) is 34.7 Å². The van der Waals surface area contributed by atoms with Crippen LogP contribution in [0.1, 0.15) is 23.0 Å². The van der Waals surface area contributed by atoms with Gasteiger partial charge in [0.2, 0.25) is 0 Å². The van der Waals surface area contributed by atoms with E-state index in [0.29, 0.717) is 22.9 Å². The number of rotatable bonds is 5. The van der Waals surface area contributed by atoms with E-state index in [2.05, 4.69) is 21.0 Å². The standard InChI is InChI=1S/C15H17BrClN3O2/c1-4-20-13(12(16)8-18-20)9-19(2)15(21)11-7-10(17)5-6-14(11)22-3/h5-8H,4,9H2,1-3H3. The van der Waals surface area contributed by atoms with E-state index in [1.165, 1.54) is 7.11 Å². The highest BCUT2D eigenvalue weighted by Gasteiger charge is 2.19. The Bertz CT molecular complexity index is 687. The van der Waals surface area contributed by atoms with Gasteiger partial charge in [0.1, 0.15) is 5.75 Å². The van der Waals surface area contributed by atoms with E-state index in [4.69, 9.17) is 16.3 Å². The Labute approximate surface area is 142 Å². The Balaban J connectivity index is 2.26. The predicted molar refractivity (Wildman–Crippen MR) is 89.4 cm³/mol. The smallest absolute Gasteiger partial charge is 0.257 e. The molecule has 0 radical (unpaired) electrons. The highest BCUT2D eigenvalue weighted by Crippen LogP contribution is 2.25. The van der Waals surface area contributed by atoms with Crippen molar-refractivity contribution in [1.29, 1.82) is 0 Å². The minimum Gasteiger partial charge on any atom is -0.496 e. The number of carbonyl (C=O) groups is 1. The summed E-state index contributed by atoms with van der Waals surface area (Å²) in [4.78, 5) is 14.3. The zero-order valence-electron chi connectivity index (χ0n) is 12.6. The van der Waals surface area contributed by atoms with E-state index < -0.39 is 0 Å². The monoisotopic (exact) mass is 385 g/mol. The molecule has 7 heteroatoms. The Morgan fingerprint density at radius 1 is 1.50 bits per heavy atom.